The molecule has 0 bridgehead atoms. The number of ether oxygens (including phenoxy) is 1. The van der Waals surface area contributed by atoms with Crippen LogP contribution < -0.4 is 9.64 Å². The lowest BCUT2D eigenvalue weighted by atomic mass is 9.99. The average Bonchev–Trinajstić information content (AvgIpc) is 2.84. The van der Waals surface area contributed by atoms with Gasteiger partial charge in [0.15, 0.2) is 0 Å². The summed E-state index contributed by atoms with van der Waals surface area (Å²) in [7, 11) is 0. The molecule has 2 heterocycles. The number of aromatic nitrogens is 1. The van der Waals surface area contributed by atoms with E-state index in [9.17, 15) is 9.50 Å². The van der Waals surface area contributed by atoms with Crippen molar-refractivity contribution in [2.45, 2.75) is 33.1 Å². The second-order valence-electron chi connectivity index (χ2n) is 8.96. The first-order chi connectivity index (χ1) is 16.0. The van der Waals surface area contributed by atoms with Gasteiger partial charge in [-0.05, 0) is 65.4 Å². The highest BCUT2D eigenvalue weighted by Gasteiger charge is 2.24. The molecule has 1 aliphatic rings. The largest absolute Gasteiger partial charge is 0.489 e. The summed E-state index contributed by atoms with van der Waals surface area (Å²) in [4.78, 5) is 8.79. The molecule has 0 saturated carbocycles. The predicted octanol–water partition coefficient (Wildman–Crippen LogP) is 4.81. The van der Waals surface area contributed by atoms with E-state index in [-0.39, 0.29) is 5.82 Å². The topological polar surface area (TPSA) is 48.8 Å². The second kappa shape index (κ2) is 10.8. The number of nitrogens with zero attached hydrogens (tertiary/aromatic N) is 3. The first kappa shape index (κ1) is 23.2. The molecule has 0 spiro atoms. The van der Waals surface area contributed by atoms with Crippen molar-refractivity contribution in [2.24, 2.45) is 5.92 Å². The molecule has 1 N–H and O–H groups in total. The average molecular weight is 450 g/mol. The van der Waals surface area contributed by atoms with Crippen molar-refractivity contribution in [3.63, 3.8) is 0 Å². The van der Waals surface area contributed by atoms with Crippen LogP contribution in [0.3, 0.4) is 0 Å². The molecule has 3 aromatic rings. The Bertz CT molecular complexity index is 1020. The molecule has 1 aliphatic heterocycles. The number of hydrogen-bond acceptors (Lipinski definition) is 5. The minimum Gasteiger partial charge on any atom is -0.489 e. The van der Waals surface area contributed by atoms with Crippen LogP contribution in [0.15, 0.2) is 66.9 Å². The van der Waals surface area contributed by atoms with Gasteiger partial charge in [0.25, 0.3) is 0 Å². The molecule has 1 atom stereocenters. The third-order valence-corrected chi connectivity index (χ3v) is 5.95. The van der Waals surface area contributed by atoms with Gasteiger partial charge in [-0.15, -0.1) is 0 Å². The monoisotopic (exact) mass is 449 g/mol. The van der Waals surface area contributed by atoms with E-state index in [1.807, 2.05) is 36.5 Å². The van der Waals surface area contributed by atoms with E-state index < -0.39 is 6.23 Å². The maximum Gasteiger partial charge on any atom is 0.133 e. The summed E-state index contributed by atoms with van der Waals surface area (Å²) < 4.78 is 19.2. The van der Waals surface area contributed by atoms with Crippen LogP contribution in [-0.2, 0) is 13.0 Å². The Morgan fingerprint density at radius 1 is 1.00 bits per heavy atom. The van der Waals surface area contributed by atoms with Gasteiger partial charge < -0.3 is 14.7 Å². The molecule has 1 aromatic heterocycles. The molecule has 6 heteroatoms. The highest BCUT2D eigenvalue weighted by molar-refractivity contribution is 5.40. The summed E-state index contributed by atoms with van der Waals surface area (Å²) in [6.45, 7) is 7.90. The van der Waals surface area contributed by atoms with Crippen molar-refractivity contribution in [1.82, 2.24) is 9.88 Å². The van der Waals surface area contributed by atoms with Gasteiger partial charge in [-0.2, -0.15) is 0 Å². The molecule has 33 heavy (non-hydrogen) atoms. The van der Waals surface area contributed by atoms with Gasteiger partial charge in [0.1, 0.15) is 30.2 Å². The highest BCUT2D eigenvalue weighted by atomic mass is 19.1. The number of hydrogen-bond donors (Lipinski definition) is 1. The fourth-order valence-electron chi connectivity index (χ4n) is 4.19. The maximum atomic E-state index is 13.2. The van der Waals surface area contributed by atoms with Gasteiger partial charge in [-0.3, -0.25) is 4.90 Å². The van der Waals surface area contributed by atoms with E-state index in [4.69, 9.17) is 4.74 Å². The first-order valence-corrected chi connectivity index (χ1v) is 11.6. The van der Waals surface area contributed by atoms with Gasteiger partial charge in [0.05, 0.1) is 0 Å². The Labute approximate surface area is 195 Å². The van der Waals surface area contributed by atoms with Crippen molar-refractivity contribution in [3.8, 4) is 5.75 Å². The van der Waals surface area contributed by atoms with Gasteiger partial charge in [-0.1, -0.05) is 38.1 Å². The van der Waals surface area contributed by atoms with Crippen molar-refractivity contribution in [3.05, 3.63) is 89.4 Å². The molecule has 4 rings (SSSR count). The van der Waals surface area contributed by atoms with Crippen LogP contribution in [0.2, 0.25) is 0 Å². The molecule has 0 aliphatic carbocycles. The summed E-state index contributed by atoms with van der Waals surface area (Å²) in [6, 6.07) is 18.3. The molecule has 0 amide bonds. The minimum atomic E-state index is -0.659. The zero-order valence-corrected chi connectivity index (χ0v) is 19.3. The van der Waals surface area contributed by atoms with Crippen LogP contribution >= 0.6 is 0 Å². The van der Waals surface area contributed by atoms with E-state index in [0.717, 1.165) is 60.9 Å². The second-order valence-corrected chi connectivity index (χ2v) is 8.96. The lowest BCUT2D eigenvalue weighted by molar-refractivity contribution is -0.00179. The number of anilines is 1. The van der Waals surface area contributed by atoms with Crippen LogP contribution in [0.1, 0.15) is 36.8 Å². The zero-order valence-electron chi connectivity index (χ0n) is 19.3. The highest BCUT2D eigenvalue weighted by Crippen LogP contribution is 2.29. The van der Waals surface area contributed by atoms with Crippen molar-refractivity contribution < 1.29 is 14.2 Å². The number of piperazine rings is 1. The summed E-state index contributed by atoms with van der Waals surface area (Å²) in [5.74, 6) is 1.99. The summed E-state index contributed by atoms with van der Waals surface area (Å²) in [6.07, 6.45) is 2.01. The lowest BCUT2D eigenvalue weighted by Crippen LogP contribution is -2.48. The van der Waals surface area contributed by atoms with Crippen molar-refractivity contribution in [1.29, 1.82) is 0 Å². The van der Waals surface area contributed by atoms with Crippen LogP contribution in [0.4, 0.5) is 10.2 Å². The Hall–Kier alpha value is -2.96. The quantitative estimate of drug-likeness (QED) is 0.535. The number of aliphatic hydroxyl groups excluding tert-OH is 1. The van der Waals surface area contributed by atoms with Crippen LogP contribution in [0.25, 0.3) is 0 Å². The zero-order chi connectivity index (χ0) is 23.2. The fraction of sp³-hybridized carbons (Fsp3) is 0.370. The molecule has 174 valence electrons. The van der Waals surface area contributed by atoms with Gasteiger partial charge >= 0.3 is 0 Å². The molecule has 2 aromatic carbocycles. The van der Waals surface area contributed by atoms with E-state index in [1.54, 1.807) is 12.1 Å². The number of halogens is 1. The number of pyridine rings is 1. The Morgan fingerprint density at radius 3 is 2.42 bits per heavy atom. The Morgan fingerprint density at radius 2 is 1.76 bits per heavy atom. The summed E-state index contributed by atoms with van der Waals surface area (Å²) in [5, 5.41) is 11.1. The molecule has 5 nitrogen and oxygen atoms in total. The molecule has 1 saturated heterocycles. The van der Waals surface area contributed by atoms with Crippen LogP contribution in [-0.4, -0.2) is 41.2 Å². The normalized spacial score (nSPS) is 15.6. The number of aliphatic hydroxyl groups is 1. The Balaban J connectivity index is 1.43. The number of rotatable bonds is 8. The number of benzene rings is 2. The molecular formula is C27H32FN3O2. The predicted molar refractivity (Wildman–Crippen MR) is 129 cm³/mol. The van der Waals surface area contributed by atoms with E-state index in [0.29, 0.717) is 12.5 Å². The molecule has 0 unspecified atom stereocenters. The van der Waals surface area contributed by atoms with Crippen LogP contribution in [0, 0.1) is 11.7 Å². The van der Waals surface area contributed by atoms with E-state index in [1.165, 1.54) is 12.1 Å². The standard InChI is InChI=1S/C27H32FN3O2/c1-20(2)17-23-18-22(8-11-25(23)33-19-21-6-9-24(28)10-7-21)27(32)31-15-13-30(14-16-31)26-5-3-4-12-29-26/h3-12,18,20,27,32H,13-17,19H2,1-2H3/t27-/m1/s1. The third kappa shape index (κ3) is 6.09. The molecule has 1 fully saturated rings. The molecular weight excluding hydrogens is 417 g/mol. The van der Waals surface area contributed by atoms with Crippen LogP contribution in [0.5, 0.6) is 5.75 Å². The van der Waals surface area contributed by atoms with Crippen molar-refractivity contribution in [2.75, 3.05) is 31.1 Å². The van der Waals surface area contributed by atoms with Crippen molar-refractivity contribution >= 4 is 5.82 Å². The fourth-order valence-corrected chi connectivity index (χ4v) is 4.19. The van der Waals surface area contributed by atoms with Gasteiger partial charge in [0, 0.05) is 32.4 Å². The SMILES string of the molecule is CC(C)Cc1cc([C@@H](O)N2CCN(c3ccccn3)CC2)ccc1OCc1ccc(F)cc1. The Kier molecular flexibility index (Phi) is 7.57. The first-order valence-electron chi connectivity index (χ1n) is 11.6. The maximum absolute atomic E-state index is 13.2. The molecule has 0 radical (unpaired) electrons. The van der Waals surface area contributed by atoms with Gasteiger partial charge in [-0.25, -0.2) is 9.37 Å². The van der Waals surface area contributed by atoms with E-state index >= 15 is 0 Å². The minimum absolute atomic E-state index is 0.251. The third-order valence-electron chi connectivity index (χ3n) is 5.95. The van der Waals surface area contributed by atoms with E-state index in [2.05, 4.69) is 34.7 Å². The van der Waals surface area contributed by atoms with Gasteiger partial charge in [0.2, 0.25) is 0 Å². The lowest BCUT2D eigenvalue weighted by Gasteiger charge is -2.38. The smallest absolute Gasteiger partial charge is 0.133 e. The summed E-state index contributed by atoms with van der Waals surface area (Å²) >= 11 is 0. The summed E-state index contributed by atoms with van der Waals surface area (Å²) in [5.41, 5.74) is 2.88.